The molecule has 1 fully saturated rings. The van der Waals surface area contributed by atoms with Gasteiger partial charge in [0.05, 0.1) is 38.3 Å². The molecule has 5 rings (SSSR count). The molecule has 3 aromatic carbocycles. The Morgan fingerprint density at radius 2 is 1.39 bits per heavy atom. The van der Waals surface area contributed by atoms with E-state index in [2.05, 4.69) is 33.7 Å². The van der Waals surface area contributed by atoms with Crippen molar-refractivity contribution in [1.82, 2.24) is 9.47 Å². The molecule has 0 unspecified atom stereocenters. The van der Waals surface area contributed by atoms with Gasteiger partial charge < -0.3 is 28.6 Å². The molecule has 1 amide bonds. The summed E-state index contributed by atoms with van der Waals surface area (Å²) in [5, 5.41) is 0. The number of hydrogen-bond donors (Lipinski definition) is 0. The van der Waals surface area contributed by atoms with Gasteiger partial charge in [0.2, 0.25) is 0 Å². The van der Waals surface area contributed by atoms with Gasteiger partial charge in [-0.25, -0.2) is 0 Å². The average molecular weight is 512 g/mol. The van der Waals surface area contributed by atoms with Gasteiger partial charge in [-0.15, -0.1) is 0 Å². The molecule has 4 aromatic rings. The molecule has 0 radical (unpaired) electrons. The molecule has 196 valence electrons. The van der Waals surface area contributed by atoms with Crippen molar-refractivity contribution >= 4 is 11.6 Å². The van der Waals surface area contributed by atoms with E-state index in [1.54, 1.807) is 21.3 Å². The van der Waals surface area contributed by atoms with Crippen molar-refractivity contribution in [1.29, 1.82) is 0 Å². The zero-order valence-corrected chi connectivity index (χ0v) is 22.3. The predicted molar refractivity (Wildman–Crippen MR) is 150 cm³/mol. The van der Waals surface area contributed by atoms with Crippen molar-refractivity contribution in [3.05, 3.63) is 90.1 Å². The highest BCUT2D eigenvalue weighted by molar-refractivity contribution is 5.97. The number of rotatable bonds is 7. The fourth-order valence-corrected chi connectivity index (χ4v) is 5.06. The molecule has 38 heavy (non-hydrogen) atoms. The smallest absolute Gasteiger partial charge is 0.255 e. The second-order valence-corrected chi connectivity index (χ2v) is 9.25. The van der Waals surface area contributed by atoms with Gasteiger partial charge in [0.15, 0.2) is 0 Å². The number of amides is 1. The summed E-state index contributed by atoms with van der Waals surface area (Å²) in [5.41, 5.74) is 5.52. The van der Waals surface area contributed by atoms with Crippen LogP contribution in [0.3, 0.4) is 0 Å². The fourth-order valence-electron chi connectivity index (χ4n) is 5.06. The number of piperazine rings is 1. The maximum atomic E-state index is 13.9. The van der Waals surface area contributed by atoms with Crippen LogP contribution in [-0.4, -0.2) is 62.9 Å². The highest BCUT2D eigenvalue weighted by atomic mass is 16.5. The molecule has 7 nitrogen and oxygen atoms in total. The minimum atomic E-state index is 0.0419. The molecule has 1 aliphatic rings. The van der Waals surface area contributed by atoms with E-state index < -0.39 is 0 Å². The third-order valence-electron chi connectivity index (χ3n) is 7.18. The lowest BCUT2D eigenvalue weighted by Crippen LogP contribution is -2.48. The van der Waals surface area contributed by atoms with Crippen LogP contribution in [0.2, 0.25) is 0 Å². The van der Waals surface area contributed by atoms with Gasteiger partial charge in [-0.2, -0.15) is 0 Å². The molecule has 1 aromatic heterocycles. The Bertz CT molecular complexity index is 1410. The van der Waals surface area contributed by atoms with Crippen LogP contribution < -0.4 is 19.1 Å². The molecule has 0 aliphatic carbocycles. The lowest BCUT2D eigenvalue weighted by atomic mass is 10.1. The largest absolute Gasteiger partial charge is 0.497 e. The Morgan fingerprint density at radius 3 is 2.03 bits per heavy atom. The monoisotopic (exact) mass is 511 g/mol. The zero-order valence-electron chi connectivity index (χ0n) is 22.3. The molecule has 0 bridgehead atoms. The standard InChI is InChI=1S/C31H33N3O4/c1-22-27(31(35)33-18-16-32(17-19-33)24-10-12-25(36-2)13-11-24)21-29(23-8-6-5-7-9-23)34(22)28-15-14-26(37-3)20-30(28)38-4/h5-15,20-21H,16-19H2,1-4H3. The van der Waals surface area contributed by atoms with Gasteiger partial charge in [-0.05, 0) is 55.0 Å². The first-order chi connectivity index (χ1) is 18.5. The van der Waals surface area contributed by atoms with Crippen LogP contribution in [0.25, 0.3) is 16.9 Å². The molecule has 0 spiro atoms. The summed E-state index contributed by atoms with van der Waals surface area (Å²) in [4.78, 5) is 18.1. The minimum absolute atomic E-state index is 0.0419. The number of anilines is 1. The van der Waals surface area contributed by atoms with Crippen LogP contribution in [-0.2, 0) is 0 Å². The summed E-state index contributed by atoms with van der Waals surface area (Å²) >= 11 is 0. The van der Waals surface area contributed by atoms with Crippen molar-refractivity contribution in [2.45, 2.75) is 6.92 Å². The number of ether oxygens (including phenoxy) is 3. The maximum absolute atomic E-state index is 13.9. The zero-order chi connectivity index (χ0) is 26.6. The van der Waals surface area contributed by atoms with Crippen molar-refractivity contribution in [2.75, 3.05) is 52.4 Å². The van der Waals surface area contributed by atoms with Crippen LogP contribution in [0.5, 0.6) is 17.2 Å². The van der Waals surface area contributed by atoms with Crippen LogP contribution in [0, 0.1) is 6.92 Å². The van der Waals surface area contributed by atoms with E-state index in [1.165, 1.54) is 0 Å². The van der Waals surface area contributed by atoms with Gasteiger partial charge in [-0.1, -0.05) is 30.3 Å². The van der Waals surface area contributed by atoms with Crippen molar-refractivity contribution < 1.29 is 19.0 Å². The second kappa shape index (κ2) is 10.9. The van der Waals surface area contributed by atoms with E-state index in [9.17, 15) is 4.79 Å². The van der Waals surface area contributed by atoms with Gasteiger partial charge in [0, 0.05) is 43.6 Å². The van der Waals surface area contributed by atoms with Gasteiger partial charge in [-0.3, -0.25) is 4.79 Å². The topological polar surface area (TPSA) is 56.2 Å². The lowest BCUT2D eigenvalue weighted by molar-refractivity contribution is 0.0746. The molecule has 0 saturated carbocycles. The molecular formula is C31H33N3O4. The number of benzene rings is 3. The summed E-state index contributed by atoms with van der Waals surface area (Å²) in [6.07, 6.45) is 0. The highest BCUT2D eigenvalue weighted by Crippen LogP contribution is 2.36. The van der Waals surface area contributed by atoms with Crippen LogP contribution in [0.1, 0.15) is 16.1 Å². The number of aromatic nitrogens is 1. The third kappa shape index (κ3) is 4.79. The normalized spacial score (nSPS) is 13.4. The van der Waals surface area contributed by atoms with Crippen LogP contribution in [0.15, 0.2) is 78.9 Å². The first-order valence-corrected chi connectivity index (χ1v) is 12.7. The molecule has 1 saturated heterocycles. The average Bonchev–Trinajstić information content (AvgIpc) is 3.33. The van der Waals surface area contributed by atoms with Crippen molar-refractivity contribution in [3.8, 4) is 34.2 Å². The van der Waals surface area contributed by atoms with Crippen molar-refractivity contribution in [2.24, 2.45) is 0 Å². The molecular weight excluding hydrogens is 478 g/mol. The highest BCUT2D eigenvalue weighted by Gasteiger charge is 2.27. The van der Waals surface area contributed by atoms with Crippen molar-refractivity contribution in [3.63, 3.8) is 0 Å². The Morgan fingerprint density at radius 1 is 0.737 bits per heavy atom. The first-order valence-electron chi connectivity index (χ1n) is 12.7. The summed E-state index contributed by atoms with van der Waals surface area (Å²) in [6.45, 7) is 4.85. The Hall–Kier alpha value is -4.39. The summed E-state index contributed by atoms with van der Waals surface area (Å²) in [7, 11) is 4.95. The van der Waals surface area contributed by atoms with Gasteiger partial charge in [0.25, 0.3) is 5.91 Å². The van der Waals surface area contributed by atoms with Crippen LogP contribution in [0.4, 0.5) is 5.69 Å². The molecule has 7 heteroatoms. The van der Waals surface area contributed by atoms with E-state index in [0.717, 1.165) is 47.2 Å². The Labute approximate surface area is 223 Å². The number of hydrogen-bond acceptors (Lipinski definition) is 5. The third-order valence-corrected chi connectivity index (χ3v) is 7.18. The first kappa shape index (κ1) is 25.3. The van der Waals surface area contributed by atoms with E-state index in [4.69, 9.17) is 14.2 Å². The minimum Gasteiger partial charge on any atom is -0.497 e. The summed E-state index contributed by atoms with van der Waals surface area (Å²) < 4.78 is 18.5. The molecule has 0 N–H and O–H groups in total. The summed E-state index contributed by atoms with van der Waals surface area (Å²) in [6, 6.07) is 25.9. The number of nitrogens with zero attached hydrogens (tertiary/aromatic N) is 3. The van der Waals surface area contributed by atoms with E-state index in [0.29, 0.717) is 30.2 Å². The van der Waals surface area contributed by atoms with Crippen LogP contribution >= 0.6 is 0 Å². The number of methoxy groups -OCH3 is 3. The Balaban J connectivity index is 1.46. The lowest BCUT2D eigenvalue weighted by Gasteiger charge is -2.36. The maximum Gasteiger partial charge on any atom is 0.255 e. The number of carbonyl (C=O) groups excluding carboxylic acids is 1. The quantitative estimate of drug-likeness (QED) is 0.331. The summed E-state index contributed by atoms with van der Waals surface area (Å²) in [5.74, 6) is 2.26. The molecule has 0 atom stereocenters. The van der Waals surface area contributed by atoms with E-state index in [1.807, 2.05) is 66.4 Å². The number of carbonyl (C=O) groups is 1. The molecule has 1 aliphatic heterocycles. The Kier molecular flexibility index (Phi) is 7.26. The van der Waals surface area contributed by atoms with E-state index >= 15 is 0 Å². The fraction of sp³-hybridized carbons (Fsp3) is 0.258. The predicted octanol–water partition coefficient (Wildman–Crippen LogP) is 5.44. The molecule has 2 heterocycles. The van der Waals surface area contributed by atoms with E-state index in [-0.39, 0.29) is 5.91 Å². The van der Waals surface area contributed by atoms with Gasteiger partial charge in [0.1, 0.15) is 17.2 Å². The van der Waals surface area contributed by atoms with Gasteiger partial charge >= 0.3 is 0 Å². The second-order valence-electron chi connectivity index (χ2n) is 9.25. The SMILES string of the molecule is COc1ccc(N2CCN(C(=O)c3cc(-c4ccccc4)n(-c4ccc(OC)cc4OC)c3C)CC2)cc1.